The number of hydrogen-bond donors (Lipinski definition) is 2. The number of nitrogens with one attached hydrogen (secondary N) is 1. The SMILES string of the molecule is Cc1cc(-c2ncn(/C=C\C(=O)N3CC(F)C3)n2)cc(C(F)(F)F)c1.Cc1cc(-c2ncn(/C=C\C(=O)O)n2)cc(C(F)(F)F)c1.Cl.FC1CNC1. The van der Waals surface area contributed by atoms with Crippen molar-refractivity contribution >= 4 is 36.7 Å². The molecular weight excluding hydrogens is 732 g/mol. The van der Waals surface area contributed by atoms with E-state index < -0.39 is 41.8 Å². The molecule has 2 aliphatic heterocycles. The van der Waals surface area contributed by atoms with Gasteiger partial charge in [0.25, 0.3) is 0 Å². The minimum absolute atomic E-state index is 0. The fraction of sp³-hybridized carbons (Fsp3) is 0.312. The molecule has 0 radical (unpaired) electrons. The van der Waals surface area contributed by atoms with E-state index in [0.29, 0.717) is 24.2 Å². The number of nitrogens with zero attached hydrogens (tertiary/aromatic N) is 7. The summed E-state index contributed by atoms with van der Waals surface area (Å²) in [5, 5.41) is 19.2. The Morgan fingerprint density at radius 1 is 0.750 bits per heavy atom. The summed E-state index contributed by atoms with van der Waals surface area (Å²) in [6, 6.07) is 7.08. The predicted octanol–water partition coefficient (Wildman–Crippen LogP) is 6.10. The summed E-state index contributed by atoms with van der Waals surface area (Å²) in [5.74, 6) is -1.33. The van der Waals surface area contributed by atoms with Gasteiger partial charge in [-0.1, -0.05) is 0 Å². The molecule has 0 aliphatic carbocycles. The molecule has 11 nitrogen and oxygen atoms in total. The Labute approximate surface area is 297 Å². The molecule has 2 aromatic carbocycles. The highest BCUT2D eigenvalue weighted by atomic mass is 35.5. The quantitative estimate of drug-likeness (QED) is 0.178. The second kappa shape index (κ2) is 17.4. The summed E-state index contributed by atoms with van der Waals surface area (Å²) in [5.41, 5.74) is -0.251. The van der Waals surface area contributed by atoms with E-state index in [-0.39, 0.29) is 54.2 Å². The Bertz CT molecular complexity index is 1900. The highest BCUT2D eigenvalue weighted by Gasteiger charge is 2.32. The molecule has 1 amide bonds. The zero-order valence-corrected chi connectivity index (χ0v) is 28.1. The van der Waals surface area contributed by atoms with Gasteiger partial charge >= 0.3 is 18.3 Å². The number of carboxylic acid groups (broad SMARTS) is 1. The van der Waals surface area contributed by atoms with Crippen LogP contribution in [0, 0.1) is 13.8 Å². The van der Waals surface area contributed by atoms with Crippen molar-refractivity contribution in [1.82, 2.24) is 39.7 Å². The van der Waals surface area contributed by atoms with Crippen LogP contribution in [0.3, 0.4) is 0 Å². The first-order valence-electron chi connectivity index (χ1n) is 15.0. The number of aryl methyl sites for hydroxylation is 2. The van der Waals surface area contributed by atoms with E-state index in [1.165, 1.54) is 40.6 Å². The standard InChI is InChI=1S/C16H14F4N4O.C13H10F3N3O2.C3H6FN.ClH/c1-10-4-11(6-12(5-10)16(18,19)20)15-21-9-24(22-15)3-2-14(25)23-7-13(17)8-23;1-8-4-9(6-10(5-8)13(14,15)16)12-17-7-19(18-12)3-2-11(20)21;4-3-1-5-2-3;/h2-6,9,13H,7-8H2,1H3;2-7H,1H3,(H,20,21);3,5H,1-2H2;1H/b2*3-2-;;. The van der Waals surface area contributed by atoms with Crippen molar-refractivity contribution < 1.29 is 49.8 Å². The molecule has 4 aromatic rings. The highest BCUT2D eigenvalue weighted by molar-refractivity contribution is 5.90. The summed E-state index contributed by atoms with van der Waals surface area (Å²) in [4.78, 5) is 31.2. The Kier molecular flexibility index (Phi) is 13.8. The van der Waals surface area contributed by atoms with Crippen molar-refractivity contribution in [3.63, 3.8) is 0 Å². The molecule has 2 N–H and O–H groups in total. The van der Waals surface area contributed by atoms with E-state index in [1.807, 2.05) is 0 Å². The van der Waals surface area contributed by atoms with E-state index >= 15 is 0 Å². The first-order chi connectivity index (χ1) is 23.9. The summed E-state index contributed by atoms with van der Waals surface area (Å²) < 4.78 is 103. The Hall–Kier alpha value is -5.17. The average Bonchev–Trinajstić information content (AvgIpc) is 3.70. The van der Waals surface area contributed by atoms with Gasteiger partial charge in [-0.15, -0.1) is 22.6 Å². The topological polar surface area (TPSA) is 131 Å². The Morgan fingerprint density at radius 2 is 1.17 bits per heavy atom. The summed E-state index contributed by atoms with van der Waals surface area (Å²) in [6.45, 7) is 4.37. The number of likely N-dealkylation sites (tertiary alicyclic amines) is 1. The predicted molar refractivity (Wildman–Crippen MR) is 175 cm³/mol. The fourth-order valence-electron chi connectivity index (χ4n) is 4.35. The van der Waals surface area contributed by atoms with Crippen LogP contribution in [-0.2, 0) is 21.9 Å². The fourth-order valence-corrected chi connectivity index (χ4v) is 4.35. The van der Waals surface area contributed by atoms with Gasteiger partial charge in [0.05, 0.1) is 24.2 Å². The number of aromatic nitrogens is 6. The van der Waals surface area contributed by atoms with Gasteiger partial charge in [0.15, 0.2) is 11.6 Å². The first-order valence-corrected chi connectivity index (χ1v) is 15.0. The van der Waals surface area contributed by atoms with Crippen LogP contribution in [0.4, 0.5) is 35.1 Å². The molecule has 2 aliphatic rings. The number of aliphatic carboxylic acids is 1. The van der Waals surface area contributed by atoms with Crippen molar-refractivity contribution in [1.29, 1.82) is 0 Å². The molecule has 2 saturated heterocycles. The zero-order chi connectivity index (χ0) is 37.5. The summed E-state index contributed by atoms with van der Waals surface area (Å²) in [7, 11) is 0. The normalized spacial score (nSPS) is 14.8. The molecule has 0 bridgehead atoms. The van der Waals surface area contributed by atoms with Crippen LogP contribution >= 0.6 is 12.4 Å². The van der Waals surface area contributed by atoms with E-state index in [9.17, 15) is 44.7 Å². The van der Waals surface area contributed by atoms with E-state index in [2.05, 4.69) is 25.5 Å². The third-order valence-electron chi connectivity index (χ3n) is 6.96. The van der Waals surface area contributed by atoms with E-state index in [0.717, 1.165) is 41.2 Å². The number of amides is 1. The van der Waals surface area contributed by atoms with Crippen LogP contribution in [0.25, 0.3) is 35.2 Å². The third kappa shape index (κ3) is 12.0. The molecule has 280 valence electrons. The lowest BCUT2D eigenvalue weighted by molar-refractivity contribution is -0.138. The van der Waals surface area contributed by atoms with Crippen molar-refractivity contribution in [3.8, 4) is 22.8 Å². The van der Waals surface area contributed by atoms with Gasteiger partial charge in [-0.3, -0.25) is 4.79 Å². The molecule has 0 spiro atoms. The summed E-state index contributed by atoms with van der Waals surface area (Å²) >= 11 is 0. The number of halogens is 9. The Morgan fingerprint density at radius 3 is 1.52 bits per heavy atom. The molecule has 0 saturated carbocycles. The number of carboxylic acids is 1. The van der Waals surface area contributed by atoms with Gasteiger partial charge in [0.1, 0.15) is 25.0 Å². The smallest absolute Gasteiger partial charge is 0.416 e. The molecule has 6 rings (SSSR count). The molecule has 20 heteroatoms. The van der Waals surface area contributed by atoms with Crippen molar-refractivity contribution in [2.24, 2.45) is 0 Å². The summed E-state index contributed by atoms with van der Waals surface area (Å²) in [6.07, 6.45) is -3.43. The second-order valence-corrected chi connectivity index (χ2v) is 11.3. The minimum Gasteiger partial charge on any atom is -0.478 e. The lowest BCUT2D eigenvalue weighted by atomic mass is 10.1. The average molecular weight is 763 g/mol. The molecule has 2 aromatic heterocycles. The lowest BCUT2D eigenvalue weighted by Gasteiger charge is -2.33. The van der Waals surface area contributed by atoms with Gasteiger partial charge in [0.2, 0.25) is 5.91 Å². The molecular formula is C32H31ClF8N8O3. The van der Waals surface area contributed by atoms with Crippen LogP contribution in [0.2, 0.25) is 0 Å². The minimum atomic E-state index is -4.46. The van der Waals surface area contributed by atoms with E-state index in [1.54, 1.807) is 19.9 Å². The number of benzene rings is 2. The van der Waals surface area contributed by atoms with Crippen LogP contribution < -0.4 is 5.32 Å². The van der Waals surface area contributed by atoms with Crippen LogP contribution in [0.1, 0.15) is 22.3 Å². The largest absolute Gasteiger partial charge is 0.478 e. The molecule has 0 unspecified atom stereocenters. The maximum atomic E-state index is 12.9. The van der Waals surface area contributed by atoms with Gasteiger partial charge < -0.3 is 15.3 Å². The second-order valence-electron chi connectivity index (χ2n) is 11.3. The Balaban J connectivity index is 0.000000245. The molecule has 52 heavy (non-hydrogen) atoms. The van der Waals surface area contributed by atoms with Gasteiger partial charge in [-0.2, -0.15) is 26.3 Å². The maximum Gasteiger partial charge on any atom is 0.416 e. The number of carbonyl (C=O) groups is 2. The van der Waals surface area contributed by atoms with Crippen molar-refractivity contribution in [2.45, 2.75) is 38.5 Å². The number of hydrogen-bond acceptors (Lipinski definition) is 7. The number of rotatable bonds is 6. The monoisotopic (exact) mass is 762 g/mol. The zero-order valence-electron chi connectivity index (χ0n) is 27.2. The molecule has 4 heterocycles. The third-order valence-corrected chi connectivity index (χ3v) is 6.96. The van der Waals surface area contributed by atoms with Crippen LogP contribution in [0.15, 0.2) is 61.2 Å². The van der Waals surface area contributed by atoms with Gasteiger partial charge in [-0.05, 0) is 61.4 Å². The first kappa shape index (κ1) is 41.3. The lowest BCUT2D eigenvalue weighted by Crippen LogP contribution is -2.50. The maximum absolute atomic E-state index is 12.9. The van der Waals surface area contributed by atoms with Crippen LogP contribution in [-0.4, -0.2) is 89.9 Å². The van der Waals surface area contributed by atoms with Crippen molar-refractivity contribution in [2.75, 3.05) is 26.2 Å². The molecule has 2 fully saturated rings. The highest BCUT2D eigenvalue weighted by Crippen LogP contribution is 2.33. The number of alkyl halides is 8. The van der Waals surface area contributed by atoms with Crippen LogP contribution in [0.5, 0.6) is 0 Å². The molecule has 0 atom stereocenters. The number of carbonyl (C=O) groups excluding carboxylic acids is 1. The van der Waals surface area contributed by atoms with Gasteiger partial charge in [-0.25, -0.2) is 32.9 Å². The van der Waals surface area contributed by atoms with E-state index in [4.69, 9.17) is 5.11 Å². The van der Waals surface area contributed by atoms with Crippen molar-refractivity contribution in [3.05, 3.63) is 83.5 Å². The van der Waals surface area contributed by atoms with Gasteiger partial charge in [0, 0.05) is 48.8 Å².